The van der Waals surface area contributed by atoms with Crippen LogP contribution in [0.3, 0.4) is 0 Å². The van der Waals surface area contributed by atoms with Crippen LogP contribution < -0.4 is 15.0 Å². The number of anilines is 1. The molecule has 3 aromatic carbocycles. The number of nitrogens with zero attached hydrogens (tertiary/aromatic N) is 4. The van der Waals surface area contributed by atoms with Crippen molar-refractivity contribution in [1.82, 2.24) is 20.2 Å². The average Bonchev–Trinajstić information content (AvgIpc) is 3.33. The fraction of sp³-hybridized carbons (Fsp3) is 0.474. The van der Waals surface area contributed by atoms with E-state index in [4.69, 9.17) is 32.5 Å². The molecule has 0 spiro atoms. The molecule has 13 heteroatoms. The van der Waals surface area contributed by atoms with E-state index in [2.05, 4.69) is 21.1 Å². The molecule has 5 heterocycles. The van der Waals surface area contributed by atoms with Crippen molar-refractivity contribution < 1.29 is 32.1 Å². The van der Waals surface area contributed by atoms with Crippen LogP contribution in [-0.4, -0.2) is 84.6 Å². The van der Waals surface area contributed by atoms with Crippen molar-refractivity contribution in [2.45, 2.75) is 43.9 Å². The number of benzene rings is 3. The molecule has 1 aromatic heterocycles. The second kappa shape index (κ2) is 12.1. The van der Waals surface area contributed by atoms with Crippen LogP contribution in [0.5, 0.6) is 11.8 Å². The van der Waals surface area contributed by atoms with Crippen molar-refractivity contribution in [3.63, 3.8) is 0 Å². The summed E-state index contributed by atoms with van der Waals surface area (Å²) in [6, 6.07) is 6.55. The van der Waals surface area contributed by atoms with E-state index in [-0.39, 0.29) is 67.5 Å². The van der Waals surface area contributed by atoms with Gasteiger partial charge in [-0.15, -0.1) is 6.42 Å². The zero-order valence-electron chi connectivity index (χ0n) is 27.7. The lowest BCUT2D eigenvalue weighted by Gasteiger charge is -2.34. The third-order valence-electron chi connectivity index (χ3n) is 11.5. The van der Waals surface area contributed by atoms with Crippen LogP contribution in [0.2, 0.25) is 5.02 Å². The Labute approximate surface area is 297 Å². The molecule has 5 fully saturated rings. The quantitative estimate of drug-likeness (QED) is 0.163. The van der Waals surface area contributed by atoms with Crippen LogP contribution in [0, 0.1) is 35.4 Å². The van der Waals surface area contributed by atoms with Crippen LogP contribution in [0.15, 0.2) is 30.3 Å². The van der Waals surface area contributed by atoms with Gasteiger partial charge in [0.15, 0.2) is 5.82 Å². The average molecular weight is 722 g/mol. The van der Waals surface area contributed by atoms with E-state index in [1.54, 1.807) is 0 Å². The summed E-state index contributed by atoms with van der Waals surface area (Å²) in [5.74, 6) is 2.18. The van der Waals surface area contributed by atoms with Gasteiger partial charge in [0.25, 0.3) is 0 Å². The Hall–Kier alpha value is -3.89. The number of fused-ring (bicyclic) bond motifs is 5. The Bertz CT molecular complexity index is 2090. The van der Waals surface area contributed by atoms with Gasteiger partial charge in [0, 0.05) is 78.4 Å². The summed E-state index contributed by atoms with van der Waals surface area (Å²) in [6.07, 6.45) is 4.58. The van der Waals surface area contributed by atoms with E-state index in [9.17, 15) is 5.11 Å². The molecule has 2 bridgehead atoms. The summed E-state index contributed by atoms with van der Waals surface area (Å²) < 4.78 is 74.5. The van der Waals surface area contributed by atoms with Gasteiger partial charge in [0.05, 0.1) is 36.0 Å². The maximum Gasteiger partial charge on any atom is 0.417 e. The standard InChI is InChI=1S/C38H36ClF4N5O3/c1-2-26-30(39)6-3-20-9-25(49)10-27(31(20)26)32-29(38(41,42)43)11-28-34(33(32)40)45-36(46-35(28)48-14-23-4-5-24(15-48)44-23)51-19-37(7-8-37)18-47-12-21-16-50-17-22(21)13-47/h1,3,6,9-11,21-24,44,49H,4-5,7-8,12-19H2/t21-,22-,23?,24?/m0/s1. The maximum absolute atomic E-state index is 17.2. The number of likely N-dealkylation sites (tertiary alicyclic amines) is 1. The summed E-state index contributed by atoms with van der Waals surface area (Å²) in [7, 11) is 0. The minimum Gasteiger partial charge on any atom is -0.508 e. The van der Waals surface area contributed by atoms with Gasteiger partial charge in [-0.05, 0) is 60.9 Å². The van der Waals surface area contributed by atoms with Gasteiger partial charge in [-0.2, -0.15) is 23.1 Å². The molecule has 4 saturated heterocycles. The first-order valence-electron chi connectivity index (χ1n) is 17.5. The molecule has 4 atom stereocenters. The number of piperazine rings is 1. The van der Waals surface area contributed by atoms with Crippen molar-refractivity contribution in [2.75, 3.05) is 57.4 Å². The summed E-state index contributed by atoms with van der Waals surface area (Å²) in [4.78, 5) is 13.6. The van der Waals surface area contributed by atoms with Crippen LogP contribution in [0.1, 0.15) is 36.8 Å². The SMILES string of the molecule is C#Cc1c(Cl)ccc2cc(O)cc(-c3c(C(F)(F)F)cc4c(N5CC6CCC(C5)N6)nc(OCC5(CN6C[C@H]7COC[C@@H]7C6)CC5)nc4c3F)c12. The first-order chi connectivity index (χ1) is 24.5. The number of rotatable bonds is 7. The van der Waals surface area contributed by atoms with Gasteiger partial charge in [-0.3, -0.25) is 0 Å². The molecule has 1 aliphatic carbocycles. The highest BCUT2D eigenvalue weighted by Crippen LogP contribution is 2.49. The van der Waals surface area contributed by atoms with E-state index in [0.29, 0.717) is 36.9 Å². The Balaban J connectivity index is 1.18. The zero-order valence-corrected chi connectivity index (χ0v) is 28.5. The van der Waals surface area contributed by atoms with Crippen LogP contribution in [0.25, 0.3) is 32.8 Å². The minimum absolute atomic E-state index is 0.0659. The van der Waals surface area contributed by atoms with Gasteiger partial charge >= 0.3 is 12.2 Å². The number of aromatic hydroxyl groups is 1. The van der Waals surface area contributed by atoms with E-state index in [1.165, 1.54) is 18.2 Å². The largest absolute Gasteiger partial charge is 0.508 e. The molecule has 0 amide bonds. The maximum atomic E-state index is 17.2. The molecule has 2 unspecified atom stereocenters. The van der Waals surface area contributed by atoms with Gasteiger partial charge < -0.3 is 29.7 Å². The Kier molecular flexibility index (Phi) is 7.82. The predicted octanol–water partition coefficient (Wildman–Crippen LogP) is 6.63. The molecular formula is C38H36ClF4N5O3. The van der Waals surface area contributed by atoms with Crippen molar-refractivity contribution in [2.24, 2.45) is 17.3 Å². The summed E-state index contributed by atoms with van der Waals surface area (Å²) in [5.41, 5.74) is -2.58. The topological polar surface area (TPSA) is 83.0 Å². The van der Waals surface area contributed by atoms with Crippen molar-refractivity contribution in [3.8, 4) is 35.2 Å². The van der Waals surface area contributed by atoms with Crippen molar-refractivity contribution in [1.29, 1.82) is 0 Å². The molecule has 9 rings (SSSR count). The number of phenols is 1. The highest BCUT2D eigenvalue weighted by Gasteiger charge is 2.48. The fourth-order valence-corrected chi connectivity index (χ4v) is 9.06. The number of ether oxygens (including phenoxy) is 2. The third-order valence-corrected chi connectivity index (χ3v) is 11.8. The smallest absolute Gasteiger partial charge is 0.417 e. The van der Waals surface area contributed by atoms with Crippen LogP contribution >= 0.6 is 11.6 Å². The third kappa shape index (κ3) is 5.82. The van der Waals surface area contributed by atoms with Gasteiger partial charge in [0.1, 0.15) is 17.1 Å². The number of halogens is 5. The first-order valence-corrected chi connectivity index (χ1v) is 17.8. The number of hydrogen-bond donors (Lipinski definition) is 2. The lowest BCUT2D eigenvalue weighted by molar-refractivity contribution is -0.137. The lowest BCUT2D eigenvalue weighted by Crippen LogP contribution is -2.51. The molecular weight excluding hydrogens is 686 g/mol. The van der Waals surface area contributed by atoms with Crippen molar-refractivity contribution >= 4 is 39.1 Å². The van der Waals surface area contributed by atoms with Gasteiger partial charge in [-0.1, -0.05) is 23.6 Å². The lowest BCUT2D eigenvalue weighted by atomic mass is 9.90. The van der Waals surface area contributed by atoms with E-state index >= 15 is 17.6 Å². The molecule has 4 aromatic rings. The molecule has 266 valence electrons. The minimum atomic E-state index is -5.00. The summed E-state index contributed by atoms with van der Waals surface area (Å²) in [6.45, 7) is 5.73. The Morgan fingerprint density at radius 3 is 2.45 bits per heavy atom. The normalized spacial score (nSPS) is 25.5. The molecule has 4 aliphatic heterocycles. The summed E-state index contributed by atoms with van der Waals surface area (Å²) >= 11 is 6.40. The number of terminal acetylenes is 1. The number of nitrogens with one attached hydrogen (secondary N) is 1. The number of phenolic OH excluding ortho intramolecular Hbond substituents is 1. The molecule has 8 nitrogen and oxygen atoms in total. The first kappa shape index (κ1) is 33.0. The molecule has 0 radical (unpaired) electrons. The Morgan fingerprint density at radius 2 is 1.78 bits per heavy atom. The molecule has 2 N–H and O–H groups in total. The highest BCUT2D eigenvalue weighted by atomic mass is 35.5. The van der Waals surface area contributed by atoms with Gasteiger partial charge in [0.2, 0.25) is 0 Å². The Morgan fingerprint density at radius 1 is 1.06 bits per heavy atom. The van der Waals surface area contributed by atoms with E-state index in [1.807, 2.05) is 4.90 Å². The predicted molar refractivity (Wildman–Crippen MR) is 186 cm³/mol. The number of aromatic nitrogens is 2. The second-order valence-corrected chi connectivity index (χ2v) is 15.5. The van der Waals surface area contributed by atoms with Crippen LogP contribution in [0.4, 0.5) is 23.4 Å². The highest BCUT2D eigenvalue weighted by molar-refractivity contribution is 6.33. The van der Waals surface area contributed by atoms with Crippen molar-refractivity contribution in [3.05, 3.63) is 52.3 Å². The van der Waals surface area contributed by atoms with Crippen LogP contribution in [-0.2, 0) is 10.9 Å². The van der Waals surface area contributed by atoms with E-state index < -0.39 is 23.1 Å². The van der Waals surface area contributed by atoms with Gasteiger partial charge in [-0.25, -0.2) is 4.39 Å². The molecule has 5 aliphatic rings. The number of hydrogen-bond acceptors (Lipinski definition) is 8. The fourth-order valence-electron chi connectivity index (χ4n) is 8.85. The second-order valence-electron chi connectivity index (χ2n) is 15.1. The zero-order chi connectivity index (χ0) is 35.2. The molecule has 51 heavy (non-hydrogen) atoms. The monoisotopic (exact) mass is 721 g/mol. The van der Waals surface area contributed by atoms with E-state index in [0.717, 1.165) is 70.7 Å². The summed E-state index contributed by atoms with van der Waals surface area (Å²) in [5, 5.41) is 14.7. The molecule has 1 saturated carbocycles. The number of alkyl halides is 3.